The number of benzene rings is 2. The molecule has 0 saturated carbocycles. The van der Waals surface area contributed by atoms with Crippen LogP contribution >= 0.6 is 0 Å². The van der Waals surface area contributed by atoms with E-state index in [2.05, 4.69) is 0 Å². The van der Waals surface area contributed by atoms with Crippen LogP contribution in [0.15, 0.2) is 48.5 Å². The Balaban J connectivity index is 0.00000200. The summed E-state index contributed by atoms with van der Waals surface area (Å²) in [7, 11) is 0. The fourth-order valence-electron chi connectivity index (χ4n) is 2.37. The molecule has 0 aliphatic heterocycles. The van der Waals surface area contributed by atoms with Crippen molar-refractivity contribution >= 4 is 0 Å². The maximum Gasteiger partial charge on any atom is 1.00 e. The summed E-state index contributed by atoms with van der Waals surface area (Å²) >= 11 is 0. The van der Waals surface area contributed by atoms with Crippen LogP contribution in [0.2, 0.25) is 0 Å². The van der Waals surface area contributed by atoms with Gasteiger partial charge in [-0.15, -0.1) is 6.54 Å². The van der Waals surface area contributed by atoms with Crippen molar-refractivity contribution < 1.29 is 27.6 Å². The first-order valence-corrected chi connectivity index (χ1v) is 6.27. The molecule has 0 heterocycles. The van der Waals surface area contributed by atoms with Crippen molar-refractivity contribution in [2.45, 2.75) is 12.8 Å². The van der Waals surface area contributed by atoms with Crippen LogP contribution in [0, 0.1) is 17.6 Å². The van der Waals surface area contributed by atoms with Crippen molar-refractivity contribution in [3.8, 4) is 0 Å². The van der Waals surface area contributed by atoms with Crippen LogP contribution in [0.5, 0.6) is 0 Å². The minimum Gasteiger partial charge on any atom is -0.677 e. The molecule has 4 heteroatoms. The molecule has 2 aromatic carbocycles. The van der Waals surface area contributed by atoms with Gasteiger partial charge in [0, 0.05) is 5.92 Å². The minimum absolute atomic E-state index is 0. The molecule has 1 unspecified atom stereocenters. The summed E-state index contributed by atoms with van der Waals surface area (Å²) in [6.07, 6.45) is 0. The average molecular weight is 267 g/mol. The van der Waals surface area contributed by atoms with Gasteiger partial charge in [0.05, 0.1) is 0 Å². The van der Waals surface area contributed by atoms with Crippen molar-refractivity contribution in [3.63, 3.8) is 0 Å². The molecule has 2 rings (SSSR count). The zero-order valence-corrected chi connectivity index (χ0v) is 11.7. The Bertz CT molecular complexity index is 514. The fraction of sp³-hybridized carbons (Fsp3) is 0.250. The van der Waals surface area contributed by atoms with Gasteiger partial charge in [0.2, 0.25) is 0 Å². The Morgan fingerprint density at radius 3 is 1.75 bits per heavy atom. The minimum atomic E-state index is -0.309. The van der Waals surface area contributed by atoms with Crippen LogP contribution < -0.4 is 18.9 Å². The third-order valence-electron chi connectivity index (χ3n) is 3.31. The van der Waals surface area contributed by atoms with Crippen LogP contribution in [-0.2, 0) is 0 Å². The first-order valence-electron chi connectivity index (χ1n) is 6.27. The summed E-state index contributed by atoms with van der Waals surface area (Å²) in [4.78, 5) is 0. The molecule has 0 aliphatic rings. The number of hydrogen-bond acceptors (Lipinski definition) is 0. The van der Waals surface area contributed by atoms with E-state index in [4.69, 9.17) is 5.73 Å². The standard InChI is InChI=1S/C16H16F2N.Li/c1-11(10-19)16(12-4-2-6-14(17)8-12)13-5-3-7-15(18)9-13;/h2-9,11,16,19H,10H2,1H3;/q-1;+1. The maximum absolute atomic E-state index is 13.4. The second kappa shape index (κ2) is 7.59. The van der Waals surface area contributed by atoms with Crippen LogP contribution in [0.25, 0.3) is 5.73 Å². The van der Waals surface area contributed by atoms with Crippen molar-refractivity contribution in [1.82, 2.24) is 0 Å². The monoisotopic (exact) mass is 267 g/mol. The molecule has 0 amide bonds. The van der Waals surface area contributed by atoms with Crippen LogP contribution in [0.4, 0.5) is 8.78 Å². The Labute approximate surface area is 130 Å². The van der Waals surface area contributed by atoms with E-state index in [1.54, 1.807) is 12.1 Å². The molecule has 0 bridgehead atoms. The van der Waals surface area contributed by atoms with Crippen LogP contribution in [0.1, 0.15) is 24.0 Å². The van der Waals surface area contributed by atoms with Gasteiger partial charge >= 0.3 is 18.9 Å². The zero-order chi connectivity index (χ0) is 13.8. The van der Waals surface area contributed by atoms with E-state index in [-0.39, 0.29) is 48.9 Å². The van der Waals surface area contributed by atoms with Gasteiger partial charge in [-0.05, 0) is 35.4 Å². The summed E-state index contributed by atoms with van der Waals surface area (Å²) < 4.78 is 26.7. The van der Waals surface area contributed by atoms with Gasteiger partial charge in [-0.25, -0.2) is 8.78 Å². The molecule has 0 saturated heterocycles. The Morgan fingerprint density at radius 1 is 0.950 bits per heavy atom. The van der Waals surface area contributed by atoms with Gasteiger partial charge in [-0.3, -0.25) is 0 Å². The summed E-state index contributed by atoms with van der Waals surface area (Å²) in [6, 6.07) is 12.6. The SMILES string of the molecule is CC(C[NH-])C(c1cccc(F)c1)c1cccc(F)c1.[Li+]. The van der Waals surface area contributed by atoms with E-state index in [0.29, 0.717) is 0 Å². The van der Waals surface area contributed by atoms with Gasteiger partial charge in [-0.2, -0.15) is 0 Å². The molecule has 0 fully saturated rings. The molecule has 0 aromatic heterocycles. The van der Waals surface area contributed by atoms with E-state index in [1.807, 2.05) is 19.1 Å². The molecule has 2 aromatic rings. The van der Waals surface area contributed by atoms with E-state index in [9.17, 15) is 8.78 Å². The van der Waals surface area contributed by atoms with Gasteiger partial charge in [0.1, 0.15) is 11.6 Å². The predicted molar refractivity (Wildman–Crippen MR) is 73.0 cm³/mol. The number of halogens is 2. The Kier molecular flexibility index (Phi) is 6.42. The van der Waals surface area contributed by atoms with Crippen molar-refractivity contribution in [3.05, 3.63) is 77.0 Å². The van der Waals surface area contributed by atoms with Gasteiger partial charge in [0.15, 0.2) is 0 Å². The Hall–Kier alpha value is -1.14. The fourth-order valence-corrected chi connectivity index (χ4v) is 2.37. The predicted octanol–water partition coefficient (Wildman–Crippen LogP) is 1.79. The topological polar surface area (TPSA) is 23.8 Å². The van der Waals surface area contributed by atoms with Crippen LogP contribution in [-0.4, -0.2) is 6.54 Å². The third-order valence-corrected chi connectivity index (χ3v) is 3.31. The van der Waals surface area contributed by atoms with Crippen molar-refractivity contribution in [1.29, 1.82) is 0 Å². The summed E-state index contributed by atoms with van der Waals surface area (Å²) in [5.74, 6) is -0.792. The molecule has 0 aliphatic carbocycles. The summed E-state index contributed by atoms with van der Waals surface area (Å²) in [5.41, 5.74) is 9.12. The van der Waals surface area contributed by atoms with E-state index in [0.717, 1.165) is 11.1 Å². The number of nitrogens with one attached hydrogen (secondary N) is 1. The normalized spacial score (nSPS) is 12.1. The molecule has 0 spiro atoms. The van der Waals surface area contributed by atoms with Gasteiger partial charge in [0.25, 0.3) is 0 Å². The van der Waals surface area contributed by atoms with E-state index >= 15 is 0 Å². The summed E-state index contributed by atoms with van der Waals surface area (Å²) in [6.45, 7) is 2.13. The molecular weight excluding hydrogens is 251 g/mol. The zero-order valence-electron chi connectivity index (χ0n) is 11.7. The third kappa shape index (κ3) is 3.93. The Morgan fingerprint density at radius 2 is 1.40 bits per heavy atom. The molecule has 100 valence electrons. The number of hydrogen-bond donors (Lipinski definition) is 0. The molecule has 1 atom stereocenters. The second-order valence-electron chi connectivity index (χ2n) is 4.77. The molecule has 0 radical (unpaired) electrons. The van der Waals surface area contributed by atoms with E-state index < -0.39 is 0 Å². The molecular formula is C16H16F2LiN. The largest absolute Gasteiger partial charge is 1.00 e. The van der Waals surface area contributed by atoms with E-state index in [1.165, 1.54) is 24.3 Å². The molecule has 1 nitrogen and oxygen atoms in total. The van der Waals surface area contributed by atoms with Crippen molar-refractivity contribution in [2.24, 2.45) is 5.92 Å². The number of rotatable bonds is 4. The molecule has 1 N–H and O–H groups in total. The second-order valence-corrected chi connectivity index (χ2v) is 4.77. The quantitative estimate of drug-likeness (QED) is 0.754. The van der Waals surface area contributed by atoms with Crippen molar-refractivity contribution in [2.75, 3.05) is 6.54 Å². The van der Waals surface area contributed by atoms with Gasteiger partial charge in [-0.1, -0.05) is 37.1 Å². The van der Waals surface area contributed by atoms with Crippen LogP contribution in [0.3, 0.4) is 0 Å². The maximum atomic E-state index is 13.4. The first kappa shape index (κ1) is 16.9. The smallest absolute Gasteiger partial charge is 0.677 e. The summed E-state index contributed by atoms with van der Waals surface area (Å²) in [5, 5.41) is 0. The van der Waals surface area contributed by atoms with Gasteiger partial charge < -0.3 is 5.73 Å². The first-order chi connectivity index (χ1) is 9.11. The average Bonchev–Trinajstić information content (AvgIpc) is 2.39. The molecule has 20 heavy (non-hydrogen) atoms.